The minimum atomic E-state index is -2.65. The van der Waals surface area contributed by atoms with E-state index in [0.29, 0.717) is 10.6 Å². The smallest absolute Gasteiger partial charge is 0.368 e. The number of carboxylic acids is 1. The summed E-state index contributed by atoms with van der Waals surface area (Å²) in [6.07, 6.45) is -1.17. The van der Waals surface area contributed by atoms with E-state index >= 15 is 0 Å². The van der Waals surface area contributed by atoms with Crippen molar-refractivity contribution in [2.45, 2.75) is 25.4 Å². The number of carbonyl (C=O) groups is 3. The van der Waals surface area contributed by atoms with Gasteiger partial charge in [0.05, 0.1) is 6.54 Å². The zero-order chi connectivity index (χ0) is 14.3. The maximum absolute atomic E-state index is 13.0. The molecule has 1 radical (unpaired) electrons. The Labute approximate surface area is 125 Å². The van der Waals surface area contributed by atoms with Gasteiger partial charge >= 0.3 is 18.4 Å². The Hall–Kier alpha value is -1.56. The first-order valence-corrected chi connectivity index (χ1v) is 5.44. The Bertz CT molecular complexity index is 486. The van der Waals surface area contributed by atoms with E-state index in [-0.39, 0.29) is 25.4 Å². The van der Waals surface area contributed by atoms with Gasteiger partial charge in [0.15, 0.2) is 0 Å². The minimum Gasteiger partial charge on any atom is -0.477 e. The van der Waals surface area contributed by atoms with E-state index in [9.17, 15) is 18.8 Å². The summed E-state index contributed by atoms with van der Waals surface area (Å²) >= 11 is 0. The molecule has 2 rings (SSSR count). The second-order valence-electron chi connectivity index (χ2n) is 4.29. The molecule has 0 aromatic heterocycles. The van der Waals surface area contributed by atoms with Crippen LogP contribution in [0.25, 0.3) is 0 Å². The number of halogens is 1. The van der Waals surface area contributed by atoms with Crippen LogP contribution in [0, 0.1) is 0 Å². The summed E-state index contributed by atoms with van der Waals surface area (Å²) in [6.45, 7) is 1.72. The summed E-state index contributed by atoms with van der Waals surface area (Å²) in [5.41, 5.74) is 5.75. The number of nitrogens with zero attached hydrogens (tertiary/aromatic N) is 2. The number of fused-ring (bicyclic) bond motifs is 2. The number of alkyl halides is 1. The van der Waals surface area contributed by atoms with E-state index in [0.717, 1.165) is 4.90 Å². The van der Waals surface area contributed by atoms with Crippen LogP contribution in [0.3, 0.4) is 0 Å². The van der Waals surface area contributed by atoms with Crippen molar-refractivity contribution in [3.63, 3.8) is 0 Å². The van der Waals surface area contributed by atoms with Crippen LogP contribution in [0.15, 0.2) is 11.6 Å². The minimum absolute atomic E-state index is 0. The summed E-state index contributed by atoms with van der Waals surface area (Å²) in [4.78, 5) is 39.1. The van der Waals surface area contributed by atoms with Gasteiger partial charge < -0.3 is 15.7 Å². The average Bonchev–Trinajstić information content (AvgIpc) is 2.60. The van der Waals surface area contributed by atoms with Crippen molar-refractivity contribution in [3.8, 4) is 0 Å². The second-order valence-corrected chi connectivity index (χ2v) is 4.29. The van der Waals surface area contributed by atoms with Crippen LogP contribution in [0.4, 0.5) is 9.18 Å². The van der Waals surface area contributed by atoms with Crippen LogP contribution in [-0.2, 0) is 14.4 Å². The number of urea groups is 1. The van der Waals surface area contributed by atoms with Gasteiger partial charge in [0.1, 0.15) is 12.1 Å². The van der Waals surface area contributed by atoms with Crippen molar-refractivity contribution in [3.05, 3.63) is 11.6 Å². The Kier molecular flexibility index (Phi) is 4.80. The number of amides is 3. The van der Waals surface area contributed by atoms with E-state index in [2.05, 4.69) is 4.84 Å². The SMILES string of the molecule is CC1=C[C@@H](C(N)=O)N2C[C@@H]1N(O[C@H](F)C(=O)O)C2=O.[Li]. The molecule has 1 saturated heterocycles. The normalized spacial score (nSPS) is 25.9. The molecular weight excluding hydrogens is 268 g/mol. The second kappa shape index (κ2) is 5.83. The molecule has 2 aliphatic heterocycles. The fraction of sp³-hybridized carbons (Fsp3) is 0.500. The predicted octanol–water partition coefficient (Wildman–Crippen LogP) is -1.16. The molecule has 3 atom stereocenters. The first-order valence-electron chi connectivity index (χ1n) is 5.44. The Morgan fingerprint density at radius 3 is 2.70 bits per heavy atom. The third-order valence-electron chi connectivity index (χ3n) is 3.06. The molecule has 3 N–H and O–H groups in total. The first kappa shape index (κ1) is 16.5. The van der Waals surface area contributed by atoms with Crippen molar-refractivity contribution >= 4 is 36.8 Å². The number of aliphatic carboxylic acids is 1. The number of hydroxylamine groups is 2. The Balaban J connectivity index is 0.00000200. The number of nitrogens with two attached hydrogens (primary N) is 1. The third-order valence-corrected chi connectivity index (χ3v) is 3.06. The van der Waals surface area contributed by atoms with Gasteiger partial charge in [-0.1, -0.05) is 6.08 Å². The van der Waals surface area contributed by atoms with Crippen LogP contribution in [-0.4, -0.2) is 76.8 Å². The molecule has 0 aromatic carbocycles. The first-order chi connectivity index (χ1) is 8.82. The largest absolute Gasteiger partial charge is 0.477 e. The van der Waals surface area contributed by atoms with Gasteiger partial charge in [-0.25, -0.2) is 18.8 Å². The molecule has 8 nitrogen and oxygen atoms in total. The van der Waals surface area contributed by atoms with Crippen LogP contribution < -0.4 is 5.73 Å². The van der Waals surface area contributed by atoms with Crippen molar-refractivity contribution in [1.29, 1.82) is 0 Å². The summed E-state index contributed by atoms with van der Waals surface area (Å²) in [5.74, 6) is -2.56. The standard InChI is InChI=1S/C10H12FN3O5.Li/c1-4-2-5(8(12)15)13-3-6(4)14(10(13)18)19-7(11)9(16)17;/h2,5-7H,3H2,1H3,(H2,12,15)(H,16,17);/t5-,6-,7-;/m0./s1. The molecule has 2 bridgehead atoms. The Morgan fingerprint density at radius 2 is 2.20 bits per heavy atom. The van der Waals surface area contributed by atoms with Gasteiger partial charge in [-0.15, -0.1) is 0 Å². The topological polar surface area (TPSA) is 113 Å². The summed E-state index contributed by atoms with van der Waals surface area (Å²) in [7, 11) is 0. The van der Waals surface area contributed by atoms with E-state index in [1.807, 2.05) is 0 Å². The fourth-order valence-electron chi connectivity index (χ4n) is 2.11. The molecule has 0 unspecified atom stereocenters. The molecule has 0 aromatic rings. The van der Waals surface area contributed by atoms with E-state index in [1.54, 1.807) is 6.92 Å². The number of primary amides is 1. The molecular formula is C10H12FLiN3O5. The van der Waals surface area contributed by atoms with Gasteiger partial charge in [-0.05, 0) is 12.5 Å². The number of carbonyl (C=O) groups excluding carboxylic acids is 2. The van der Waals surface area contributed by atoms with Crippen molar-refractivity contribution in [1.82, 2.24) is 9.96 Å². The molecule has 105 valence electrons. The quantitative estimate of drug-likeness (QED) is 0.498. The van der Waals surface area contributed by atoms with E-state index in [1.165, 1.54) is 6.08 Å². The zero-order valence-electron chi connectivity index (χ0n) is 10.9. The molecule has 0 spiro atoms. The Morgan fingerprint density at radius 1 is 1.60 bits per heavy atom. The monoisotopic (exact) mass is 280 g/mol. The molecule has 0 aliphatic carbocycles. The maximum Gasteiger partial charge on any atom is 0.368 e. The van der Waals surface area contributed by atoms with E-state index in [4.69, 9.17) is 10.8 Å². The molecule has 20 heavy (non-hydrogen) atoms. The molecule has 2 aliphatic rings. The van der Waals surface area contributed by atoms with Gasteiger partial charge in [-0.3, -0.25) is 4.79 Å². The van der Waals surface area contributed by atoms with Gasteiger partial charge in [0, 0.05) is 18.9 Å². The molecule has 10 heteroatoms. The molecule has 2 heterocycles. The molecule has 1 fully saturated rings. The molecule has 0 saturated carbocycles. The van der Waals surface area contributed by atoms with E-state index < -0.39 is 36.3 Å². The van der Waals surface area contributed by atoms with Crippen molar-refractivity contribution < 1.29 is 28.7 Å². The summed E-state index contributed by atoms with van der Waals surface area (Å²) < 4.78 is 13.0. The maximum atomic E-state index is 13.0. The van der Waals surface area contributed by atoms with Crippen molar-refractivity contribution in [2.75, 3.05) is 6.54 Å². The fourth-order valence-corrected chi connectivity index (χ4v) is 2.11. The van der Waals surface area contributed by atoms with Crippen LogP contribution in [0.2, 0.25) is 0 Å². The number of carboxylic acid groups (broad SMARTS) is 1. The molecule has 3 amide bonds. The summed E-state index contributed by atoms with van der Waals surface area (Å²) in [6, 6.07) is -2.34. The predicted molar refractivity (Wildman–Crippen MR) is 63.8 cm³/mol. The van der Waals surface area contributed by atoms with Gasteiger partial charge in [0.25, 0.3) is 0 Å². The third kappa shape index (κ3) is 2.65. The van der Waals surface area contributed by atoms with Crippen LogP contribution in [0.1, 0.15) is 6.92 Å². The van der Waals surface area contributed by atoms with Gasteiger partial charge in [-0.2, -0.15) is 5.06 Å². The van der Waals surface area contributed by atoms with Crippen LogP contribution in [0.5, 0.6) is 0 Å². The van der Waals surface area contributed by atoms with Gasteiger partial charge in [0.2, 0.25) is 5.91 Å². The average molecular weight is 280 g/mol. The zero-order valence-corrected chi connectivity index (χ0v) is 10.9. The van der Waals surface area contributed by atoms with Crippen LogP contribution >= 0.6 is 0 Å². The van der Waals surface area contributed by atoms with Crippen molar-refractivity contribution in [2.24, 2.45) is 5.73 Å². The summed E-state index contributed by atoms with van der Waals surface area (Å²) in [5, 5.41) is 9.07. The number of hydrogen-bond donors (Lipinski definition) is 2. The number of rotatable bonds is 4. The number of hydrogen-bond acceptors (Lipinski definition) is 4.